The summed E-state index contributed by atoms with van der Waals surface area (Å²) in [5.41, 5.74) is 5.90. The molecule has 30 heavy (non-hydrogen) atoms. The summed E-state index contributed by atoms with van der Waals surface area (Å²) in [6.07, 6.45) is 2.10. The molecule has 5 rings (SSSR count). The van der Waals surface area contributed by atoms with E-state index < -0.39 is 0 Å². The minimum Gasteiger partial charge on any atom is -0.466 e. The van der Waals surface area contributed by atoms with Crippen molar-refractivity contribution < 1.29 is 14.3 Å². The number of ether oxygens (including phenoxy) is 2. The van der Waals surface area contributed by atoms with E-state index in [2.05, 4.69) is 44.4 Å². The van der Waals surface area contributed by atoms with Crippen molar-refractivity contribution >= 4 is 35.0 Å². The Bertz CT molecular complexity index is 972. The van der Waals surface area contributed by atoms with Gasteiger partial charge in [-0.1, -0.05) is 11.8 Å². The van der Waals surface area contributed by atoms with Gasteiger partial charge in [0, 0.05) is 29.0 Å². The topological polar surface area (TPSA) is 93.5 Å². The van der Waals surface area contributed by atoms with Gasteiger partial charge in [0.05, 0.1) is 25.5 Å². The molecule has 0 bridgehead atoms. The standard InChI is InChI=1S/C19H26N6O3S2/c1-4-27-13(26)6-5-7-29-18-23-22-17-24(18)16-14(15-20-10-21-25(15)17)11-8-19(2,3)28-9-12(11)30-16/h15,20-21H,4-10H2,1-3H3. The number of esters is 1. The zero-order chi connectivity index (χ0) is 20.9. The van der Waals surface area contributed by atoms with Gasteiger partial charge in [0.2, 0.25) is 5.95 Å². The molecule has 5 heterocycles. The Hall–Kier alpha value is -1.66. The quantitative estimate of drug-likeness (QED) is 0.391. The highest BCUT2D eigenvalue weighted by Crippen LogP contribution is 2.48. The number of hydrazine groups is 1. The van der Waals surface area contributed by atoms with Crippen molar-refractivity contribution in [2.24, 2.45) is 0 Å². The molecule has 11 heteroatoms. The molecule has 9 nitrogen and oxygen atoms in total. The third kappa shape index (κ3) is 3.42. The number of fused-ring (bicyclic) bond motifs is 8. The van der Waals surface area contributed by atoms with Crippen LogP contribution in [-0.2, 0) is 27.3 Å². The van der Waals surface area contributed by atoms with Crippen LogP contribution < -0.4 is 15.8 Å². The van der Waals surface area contributed by atoms with Crippen molar-refractivity contribution in [1.29, 1.82) is 0 Å². The molecule has 0 spiro atoms. The number of hydrogen-bond acceptors (Lipinski definition) is 10. The van der Waals surface area contributed by atoms with Crippen LogP contribution in [0.1, 0.15) is 55.8 Å². The van der Waals surface area contributed by atoms with Gasteiger partial charge < -0.3 is 9.47 Å². The van der Waals surface area contributed by atoms with Crippen molar-refractivity contribution in [2.45, 2.75) is 63.6 Å². The van der Waals surface area contributed by atoms with E-state index in [-0.39, 0.29) is 17.7 Å². The molecule has 0 aliphatic carbocycles. The number of carbonyl (C=O) groups excluding carboxylic acids is 1. The van der Waals surface area contributed by atoms with E-state index >= 15 is 0 Å². The van der Waals surface area contributed by atoms with Crippen LogP contribution in [0, 0.1) is 0 Å². The number of hydrogen-bond donors (Lipinski definition) is 2. The van der Waals surface area contributed by atoms with Gasteiger partial charge in [0.25, 0.3) is 0 Å². The lowest BCUT2D eigenvalue weighted by Gasteiger charge is -2.34. The SMILES string of the molecule is CCOC(=O)CCCSc1nnc2n1-c1sc3c(c1C1NCNN21)CC(C)(C)OC3. The fourth-order valence-corrected chi connectivity index (χ4v) is 6.33. The van der Waals surface area contributed by atoms with E-state index in [1.54, 1.807) is 23.1 Å². The molecular formula is C19H26N6O3S2. The van der Waals surface area contributed by atoms with E-state index in [9.17, 15) is 4.79 Å². The van der Waals surface area contributed by atoms with E-state index in [1.807, 2.05) is 6.92 Å². The lowest BCUT2D eigenvalue weighted by Crippen LogP contribution is -2.40. The first kappa shape index (κ1) is 20.3. The molecule has 1 fully saturated rings. The number of aromatic nitrogens is 3. The summed E-state index contributed by atoms with van der Waals surface area (Å²) < 4.78 is 13.2. The van der Waals surface area contributed by atoms with Crippen molar-refractivity contribution in [1.82, 2.24) is 25.5 Å². The number of anilines is 1. The maximum Gasteiger partial charge on any atom is 0.305 e. The Morgan fingerprint density at radius 3 is 3.13 bits per heavy atom. The Labute approximate surface area is 183 Å². The summed E-state index contributed by atoms with van der Waals surface area (Å²) in [6.45, 7) is 7.87. The molecule has 0 saturated carbocycles. The Morgan fingerprint density at radius 2 is 2.30 bits per heavy atom. The molecule has 162 valence electrons. The first-order valence-corrected chi connectivity index (χ1v) is 12.1. The third-order valence-electron chi connectivity index (χ3n) is 5.48. The largest absolute Gasteiger partial charge is 0.466 e. The first-order valence-electron chi connectivity index (χ1n) is 10.3. The lowest BCUT2D eigenvalue weighted by atomic mass is 9.92. The number of thioether (sulfide) groups is 1. The summed E-state index contributed by atoms with van der Waals surface area (Å²) in [6, 6.07) is 0. The lowest BCUT2D eigenvalue weighted by molar-refractivity contribution is -0.143. The summed E-state index contributed by atoms with van der Waals surface area (Å²) in [7, 11) is 0. The van der Waals surface area contributed by atoms with Gasteiger partial charge in [0.1, 0.15) is 11.2 Å². The Kier molecular flexibility index (Phi) is 5.26. The maximum atomic E-state index is 11.6. The summed E-state index contributed by atoms with van der Waals surface area (Å²) in [5, 5.41) is 16.6. The van der Waals surface area contributed by atoms with E-state index in [0.717, 1.165) is 29.7 Å². The van der Waals surface area contributed by atoms with Crippen LogP contribution in [0.25, 0.3) is 5.00 Å². The van der Waals surface area contributed by atoms with E-state index in [1.165, 1.54) is 21.0 Å². The van der Waals surface area contributed by atoms with Gasteiger partial charge in [-0.2, -0.15) is 0 Å². The van der Waals surface area contributed by atoms with Crippen LogP contribution in [0.15, 0.2) is 5.16 Å². The second kappa shape index (κ2) is 7.79. The van der Waals surface area contributed by atoms with Crippen LogP contribution in [-0.4, -0.2) is 45.4 Å². The van der Waals surface area contributed by atoms with E-state index in [0.29, 0.717) is 26.3 Å². The van der Waals surface area contributed by atoms with E-state index in [4.69, 9.17) is 9.47 Å². The van der Waals surface area contributed by atoms with Gasteiger partial charge in [-0.05, 0) is 32.8 Å². The predicted octanol–water partition coefficient (Wildman–Crippen LogP) is 2.50. The first-order chi connectivity index (χ1) is 14.5. The molecule has 2 N–H and O–H groups in total. The monoisotopic (exact) mass is 450 g/mol. The van der Waals surface area contributed by atoms with Gasteiger partial charge in [-0.15, -0.1) is 21.5 Å². The number of nitrogens with zero attached hydrogens (tertiary/aromatic N) is 4. The molecule has 0 aromatic carbocycles. The van der Waals surface area contributed by atoms with Crippen LogP contribution in [0.5, 0.6) is 0 Å². The predicted molar refractivity (Wildman–Crippen MR) is 115 cm³/mol. The summed E-state index contributed by atoms with van der Waals surface area (Å²) >= 11 is 3.40. The molecule has 3 aliphatic rings. The average molecular weight is 451 g/mol. The highest BCUT2D eigenvalue weighted by Gasteiger charge is 2.43. The van der Waals surface area contributed by atoms with Crippen LogP contribution in [0.2, 0.25) is 0 Å². The summed E-state index contributed by atoms with van der Waals surface area (Å²) in [5.74, 6) is 1.43. The molecular weight excluding hydrogens is 424 g/mol. The zero-order valence-corrected chi connectivity index (χ0v) is 19.0. The van der Waals surface area contributed by atoms with Crippen molar-refractivity contribution in [3.05, 3.63) is 16.0 Å². The summed E-state index contributed by atoms with van der Waals surface area (Å²) in [4.78, 5) is 12.9. The average Bonchev–Trinajstić information content (AvgIpc) is 3.40. The number of carbonyl (C=O) groups is 1. The number of thiophene rings is 1. The van der Waals surface area contributed by atoms with Crippen molar-refractivity contribution in [3.8, 4) is 5.00 Å². The highest BCUT2D eigenvalue weighted by molar-refractivity contribution is 7.99. The normalized spacial score (nSPS) is 21.0. The van der Waals surface area contributed by atoms with Crippen LogP contribution >= 0.6 is 23.1 Å². The molecule has 1 atom stereocenters. The molecule has 0 amide bonds. The van der Waals surface area contributed by atoms with Crippen LogP contribution in [0.4, 0.5) is 5.95 Å². The van der Waals surface area contributed by atoms with Crippen molar-refractivity contribution in [2.75, 3.05) is 24.0 Å². The number of nitrogens with one attached hydrogen (secondary N) is 2. The van der Waals surface area contributed by atoms with Crippen LogP contribution in [0.3, 0.4) is 0 Å². The fraction of sp³-hybridized carbons (Fsp3) is 0.632. The third-order valence-corrected chi connectivity index (χ3v) is 7.70. The second-order valence-corrected chi connectivity index (χ2v) is 10.3. The Balaban J connectivity index is 1.45. The maximum absolute atomic E-state index is 11.6. The molecule has 3 aliphatic heterocycles. The highest BCUT2D eigenvalue weighted by atomic mass is 32.2. The number of rotatable bonds is 6. The van der Waals surface area contributed by atoms with Gasteiger partial charge in [-0.3, -0.25) is 15.1 Å². The molecule has 1 unspecified atom stereocenters. The fourth-order valence-electron chi connectivity index (χ4n) is 4.14. The second-order valence-electron chi connectivity index (χ2n) is 8.13. The molecule has 1 saturated heterocycles. The minimum atomic E-state index is -0.170. The van der Waals surface area contributed by atoms with Gasteiger partial charge >= 0.3 is 5.97 Å². The van der Waals surface area contributed by atoms with Crippen molar-refractivity contribution in [3.63, 3.8) is 0 Å². The molecule has 2 aromatic rings. The van der Waals surface area contributed by atoms with Gasteiger partial charge in [0.15, 0.2) is 5.16 Å². The smallest absolute Gasteiger partial charge is 0.305 e. The molecule has 2 aromatic heterocycles. The zero-order valence-electron chi connectivity index (χ0n) is 17.4. The van der Waals surface area contributed by atoms with Gasteiger partial charge in [-0.25, -0.2) is 9.99 Å². The Morgan fingerprint density at radius 1 is 1.43 bits per heavy atom. The minimum absolute atomic E-state index is 0.0484. The molecule has 0 radical (unpaired) electrons.